The zero-order valence-corrected chi connectivity index (χ0v) is 21.0. The number of carbonyl (C=O) groups is 2. The van der Waals surface area contributed by atoms with E-state index in [1.807, 2.05) is 67.9 Å². The molecule has 4 aliphatic rings. The van der Waals surface area contributed by atoms with Crippen LogP contribution in [-0.4, -0.2) is 21.6 Å². The molecule has 2 bridgehead atoms. The van der Waals surface area contributed by atoms with Gasteiger partial charge in [-0.15, -0.1) is 0 Å². The average molecular weight is 494 g/mol. The molecule has 0 N–H and O–H groups in total. The van der Waals surface area contributed by atoms with Crippen molar-refractivity contribution in [1.29, 1.82) is 0 Å². The number of benzene rings is 3. The van der Waals surface area contributed by atoms with Crippen molar-refractivity contribution < 1.29 is 9.59 Å². The summed E-state index contributed by atoms with van der Waals surface area (Å²) in [6.07, 6.45) is 0. The fraction of sp³-hybridized carbons (Fsp3) is 0.233. The Morgan fingerprint density at radius 1 is 0.833 bits per heavy atom. The second-order valence-electron chi connectivity index (χ2n) is 10.2. The van der Waals surface area contributed by atoms with Crippen molar-refractivity contribution in [1.82, 2.24) is 9.78 Å². The van der Waals surface area contributed by atoms with Gasteiger partial charge in [0.1, 0.15) is 0 Å². The molecule has 0 spiro atoms. The molecule has 2 amide bonds. The lowest BCUT2D eigenvalue weighted by Crippen LogP contribution is -2.58. The van der Waals surface area contributed by atoms with E-state index in [-0.39, 0.29) is 23.7 Å². The zero-order chi connectivity index (χ0) is 24.9. The number of halogens is 1. The number of anilines is 1. The van der Waals surface area contributed by atoms with Crippen molar-refractivity contribution in [3.05, 3.63) is 117 Å². The third-order valence-electron chi connectivity index (χ3n) is 8.34. The molecular weight excluding hydrogens is 470 g/mol. The molecule has 36 heavy (non-hydrogen) atoms. The van der Waals surface area contributed by atoms with Gasteiger partial charge in [0.25, 0.3) is 5.91 Å². The summed E-state index contributed by atoms with van der Waals surface area (Å²) in [5, 5.41) is 5.39. The summed E-state index contributed by atoms with van der Waals surface area (Å²) < 4.78 is 1.85. The highest BCUT2D eigenvalue weighted by atomic mass is 35.5. The molecule has 1 saturated heterocycles. The topological polar surface area (TPSA) is 55.2 Å². The van der Waals surface area contributed by atoms with Crippen molar-refractivity contribution in [2.75, 3.05) is 4.90 Å². The summed E-state index contributed by atoms with van der Waals surface area (Å²) >= 11 is 6.47. The van der Waals surface area contributed by atoms with Crippen LogP contribution in [0.2, 0.25) is 5.02 Å². The fourth-order valence-electron chi connectivity index (χ4n) is 7.04. The molecule has 1 aliphatic heterocycles. The van der Waals surface area contributed by atoms with Gasteiger partial charge >= 0.3 is 0 Å². The first kappa shape index (κ1) is 21.6. The van der Waals surface area contributed by atoms with E-state index >= 15 is 0 Å². The summed E-state index contributed by atoms with van der Waals surface area (Å²) in [7, 11) is 0. The van der Waals surface area contributed by atoms with Gasteiger partial charge in [-0.05, 0) is 66.8 Å². The van der Waals surface area contributed by atoms with E-state index < -0.39 is 11.5 Å². The first-order chi connectivity index (χ1) is 17.4. The molecule has 0 radical (unpaired) electrons. The van der Waals surface area contributed by atoms with Gasteiger partial charge in [-0.3, -0.25) is 14.3 Å². The van der Waals surface area contributed by atoms with Crippen LogP contribution in [0.5, 0.6) is 0 Å². The monoisotopic (exact) mass is 493 g/mol. The van der Waals surface area contributed by atoms with E-state index in [4.69, 9.17) is 16.7 Å². The van der Waals surface area contributed by atoms with Crippen LogP contribution >= 0.6 is 11.6 Å². The minimum atomic E-state index is -1.21. The second-order valence-corrected chi connectivity index (χ2v) is 10.6. The summed E-state index contributed by atoms with van der Waals surface area (Å²) in [4.78, 5) is 30.7. The number of aromatic nitrogens is 2. The van der Waals surface area contributed by atoms with E-state index in [0.29, 0.717) is 10.7 Å². The standard InChI is InChI=1S/C30H24ClN3O2/c1-16-12-13-19(15-24(16)31)33-28(35)27-25-20-8-4-6-10-22(20)26(23-11-7-5-9-21(23)25)30(27,29(33)36)34-18(3)14-17(2)32-34/h4-15,25-27H,1-3H3. The molecule has 1 aromatic heterocycles. The molecule has 8 rings (SSSR count). The van der Waals surface area contributed by atoms with Crippen LogP contribution in [0.1, 0.15) is 51.0 Å². The minimum absolute atomic E-state index is 0.202. The summed E-state index contributed by atoms with van der Waals surface area (Å²) in [6.45, 7) is 5.80. The SMILES string of the molecule is Cc1cc(C)n(C23C(=O)N(c4ccc(C)c(Cl)c4)C(=O)C2C2c4ccccc4C3c3ccccc32)n1. The van der Waals surface area contributed by atoms with Crippen LogP contribution in [0.3, 0.4) is 0 Å². The van der Waals surface area contributed by atoms with E-state index in [1.54, 1.807) is 6.07 Å². The van der Waals surface area contributed by atoms with Crippen molar-refractivity contribution in [3.63, 3.8) is 0 Å². The van der Waals surface area contributed by atoms with E-state index in [0.717, 1.165) is 39.2 Å². The summed E-state index contributed by atoms with van der Waals surface area (Å²) in [5.74, 6) is -1.68. The number of hydrogen-bond donors (Lipinski definition) is 0. The normalized spacial score (nSPS) is 25.7. The minimum Gasteiger partial charge on any atom is -0.274 e. The number of nitrogens with zero attached hydrogens (tertiary/aromatic N) is 3. The maximum atomic E-state index is 14.8. The summed E-state index contributed by atoms with van der Waals surface area (Å²) in [5.41, 5.74) is 6.30. The van der Waals surface area contributed by atoms with Gasteiger partial charge in [0, 0.05) is 22.6 Å². The number of rotatable bonds is 2. The summed E-state index contributed by atoms with van der Waals surface area (Å²) in [6, 6.07) is 23.9. The first-order valence-corrected chi connectivity index (χ1v) is 12.6. The molecule has 3 aromatic carbocycles. The van der Waals surface area contributed by atoms with Crippen LogP contribution in [0.25, 0.3) is 0 Å². The van der Waals surface area contributed by atoms with Crippen molar-refractivity contribution in [2.24, 2.45) is 5.92 Å². The van der Waals surface area contributed by atoms with Crippen LogP contribution < -0.4 is 4.90 Å². The lowest BCUT2D eigenvalue weighted by atomic mass is 9.51. The third kappa shape index (κ3) is 2.44. The second kappa shape index (κ2) is 7.17. The maximum Gasteiger partial charge on any atom is 0.263 e. The van der Waals surface area contributed by atoms with Crippen molar-refractivity contribution >= 4 is 29.1 Å². The molecular formula is C30H24ClN3O2. The maximum absolute atomic E-state index is 14.8. The Morgan fingerprint density at radius 3 is 2.00 bits per heavy atom. The van der Waals surface area contributed by atoms with Gasteiger partial charge in [-0.25, -0.2) is 4.90 Å². The predicted octanol–water partition coefficient (Wildman–Crippen LogP) is 5.64. The molecule has 2 unspecified atom stereocenters. The molecule has 178 valence electrons. The Labute approximate surface area is 214 Å². The van der Waals surface area contributed by atoms with Gasteiger partial charge in [0.15, 0.2) is 5.54 Å². The molecule has 1 fully saturated rings. The Bertz CT molecular complexity index is 1570. The van der Waals surface area contributed by atoms with Gasteiger partial charge in [-0.2, -0.15) is 5.10 Å². The number of hydrogen-bond acceptors (Lipinski definition) is 3. The van der Waals surface area contributed by atoms with Crippen molar-refractivity contribution in [3.8, 4) is 0 Å². The highest BCUT2D eigenvalue weighted by Gasteiger charge is 2.73. The number of imide groups is 1. The van der Waals surface area contributed by atoms with E-state index in [9.17, 15) is 9.59 Å². The smallest absolute Gasteiger partial charge is 0.263 e. The van der Waals surface area contributed by atoms with Gasteiger partial charge in [-0.1, -0.05) is 66.2 Å². The highest BCUT2D eigenvalue weighted by Crippen LogP contribution is 2.66. The Balaban J connectivity index is 1.59. The number of amides is 2. The quantitative estimate of drug-likeness (QED) is 0.340. The fourth-order valence-corrected chi connectivity index (χ4v) is 7.21. The van der Waals surface area contributed by atoms with Gasteiger partial charge in [0.05, 0.1) is 17.3 Å². The van der Waals surface area contributed by atoms with Crippen LogP contribution in [-0.2, 0) is 15.1 Å². The average Bonchev–Trinajstić information content (AvgIpc) is 3.34. The van der Waals surface area contributed by atoms with Gasteiger partial charge in [0.2, 0.25) is 5.91 Å². The lowest BCUT2D eigenvalue weighted by Gasteiger charge is -2.53. The van der Waals surface area contributed by atoms with Crippen LogP contribution in [0.15, 0.2) is 72.8 Å². The van der Waals surface area contributed by atoms with Crippen LogP contribution in [0.4, 0.5) is 5.69 Å². The zero-order valence-electron chi connectivity index (χ0n) is 20.2. The Kier molecular flexibility index (Phi) is 4.30. The Morgan fingerprint density at radius 2 is 1.44 bits per heavy atom. The largest absolute Gasteiger partial charge is 0.274 e. The first-order valence-electron chi connectivity index (χ1n) is 12.2. The molecule has 4 aromatic rings. The van der Waals surface area contributed by atoms with Crippen LogP contribution in [0, 0.1) is 26.7 Å². The number of carbonyl (C=O) groups excluding carboxylic acids is 2. The highest BCUT2D eigenvalue weighted by molar-refractivity contribution is 6.32. The molecule has 6 heteroatoms. The molecule has 2 heterocycles. The lowest BCUT2D eigenvalue weighted by molar-refractivity contribution is -0.129. The number of aryl methyl sites for hydroxylation is 3. The van der Waals surface area contributed by atoms with E-state index in [1.165, 1.54) is 4.90 Å². The third-order valence-corrected chi connectivity index (χ3v) is 8.74. The van der Waals surface area contributed by atoms with E-state index in [2.05, 4.69) is 24.3 Å². The molecule has 5 nitrogen and oxygen atoms in total. The van der Waals surface area contributed by atoms with Gasteiger partial charge < -0.3 is 0 Å². The molecule has 2 atom stereocenters. The van der Waals surface area contributed by atoms with Crippen molar-refractivity contribution in [2.45, 2.75) is 38.1 Å². The predicted molar refractivity (Wildman–Crippen MR) is 138 cm³/mol. The molecule has 3 aliphatic carbocycles. The molecule has 0 saturated carbocycles. The Hall–Kier alpha value is -3.70.